The van der Waals surface area contributed by atoms with Crippen molar-refractivity contribution in [3.8, 4) is 6.07 Å². The molecule has 7 nitrogen and oxygen atoms in total. The van der Waals surface area contributed by atoms with Gasteiger partial charge in [0.1, 0.15) is 29.4 Å². The van der Waals surface area contributed by atoms with Gasteiger partial charge in [-0.2, -0.15) is 5.26 Å². The molecule has 0 atom stereocenters. The van der Waals surface area contributed by atoms with Crippen LogP contribution in [0.4, 0.5) is 11.5 Å². The summed E-state index contributed by atoms with van der Waals surface area (Å²) in [5, 5.41) is 10.3. The molecule has 142 valence electrons. The fourth-order valence-electron chi connectivity index (χ4n) is 3.03. The Kier molecular flexibility index (Phi) is 5.41. The number of rotatable bonds is 5. The number of likely N-dealkylation sites (N-methyl/N-ethyl adjacent to an activating group) is 1. The van der Waals surface area contributed by atoms with Crippen LogP contribution in [0, 0.1) is 11.3 Å². The van der Waals surface area contributed by atoms with E-state index in [1.165, 1.54) is 11.2 Å². The Balaban J connectivity index is 2.07. The molecule has 0 radical (unpaired) electrons. The van der Waals surface area contributed by atoms with E-state index in [4.69, 9.17) is 0 Å². The van der Waals surface area contributed by atoms with Crippen LogP contribution in [0.3, 0.4) is 0 Å². The van der Waals surface area contributed by atoms with E-state index in [0.717, 1.165) is 28.1 Å². The minimum atomic E-state index is -0.321. The number of nitriles is 1. The Labute approximate surface area is 163 Å². The summed E-state index contributed by atoms with van der Waals surface area (Å²) in [4.78, 5) is 27.5. The quantitative estimate of drug-likeness (QED) is 0.545. The van der Waals surface area contributed by atoms with Crippen molar-refractivity contribution in [3.05, 3.63) is 54.0 Å². The van der Waals surface area contributed by atoms with Gasteiger partial charge >= 0.3 is 0 Å². The topological polar surface area (TPSA) is 88.9 Å². The standard InChI is InChI=1S/C21H22N6O/c1-14(2)27(20-18-8-9-23-19(18)24-13-25-20)17-7-5-6-15(11-17)10-16(12-22)21(28)26(3)4/h5-11,13-14H,1-4H3,(H,23,24,25)/b16-10-. The van der Waals surface area contributed by atoms with Crippen molar-refractivity contribution in [3.63, 3.8) is 0 Å². The minimum Gasteiger partial charge on any atom is -0.346 e. The lowest BCUT2D eigenvalue weighted by Crippen LogP contribution is -2.26. The summed E-state index contributed by atoms with van der Waals surface area (Å²) >= 11 is 0. The Morgan fingerprint density at radius 1 is 1.25 bits per heavy atom. The molecule has 0 aliphatic rings. The number of H-pyrrole nitrogens is 1. The van der Waals surface area contributed by atoms with Crippen LogP contribution < -0.4 is 4.90 Å². The van der Waals surface area contributed by atoms with E-state index in [0.29, 0.717) is 0 Å². The SMILES string of the molecule is CC(C)N(c1cccc(/C=C(/C#N)C(=O)N(C)C)c1)c1ncnc2[nH]ccc12. The molecule has 28 heavy (non-hydrogen) atoms. The van der Waals surface area contributed by atoms with Crippen molar-refractivity contribution >= 4 is 34.5 Å². The zero-order valence-electron chi connectivity index (χ0n) is 16.3. The Bertz CT molecular complexity index is 1070. The third kappa shape index (κ3) is 3.71. The minimum absolute atomic E-state index is 0.0910. The zero-order chi connectivity index (χ0) is 20.3. The molecule has 1 aromatic carbocycles. The molecule has 0 spiro atoms. The van der Waals surface area contributed by atoms with Crippen molar-refractivity contribution in [1.82, 2.24) is 19.9 Å². The molecule has 2 aromatic heterocycles. The first-order valence-electron chi connectivity index (χ1n) is 8.93. The average Bonchev–Trinajstić information content (AvgIpc) is 3.15. The highest BCUT2D eigenvalue weighted by Gasteiger charge is 2.19. The molecule has 0 fully saturated rings. The number of hydrogen-bond donors (Lipinski definition) is 1. The zero-order valence-corrected chi connectivity index (χ0v) is 16.3. The Morgan fingerprint density at radius 2 is 2.04 bits per heavy atom. The summed E-state index contributed by atoms with van der Waals surface area (Å²) in [6.07, 6.45) is 4.99. The number of carbonyl (C=O) groups excluding carboxylic acids is 1. The van der Waals surface area contributed by atoms with E-state index in [1.54, 1.807) is 20.2 Å². The number of benzene rings is 1. The number of fused-ring (bicyclic) bond motifs is 1. The summed E-state index contributed by atoms with van der Waals surface area (Å²) in [7, 11) is 3.25. The lowest BCUT2D eigenvalue weighted by molar-refractivity contribution is -0.124. The van der Waals surface area contributed by atoms with Crippen LogP contribution >= 0.6 is 0 Å². The second-order valence-corrected chi connectivity index (χ2v) is 6.87. The number of hydrogen-bond acceptors (Lipinski definition) is 5. The van der Waals surface area contributed by atoms with Gasteiger partial charge in [-0.1, -0.05) is 12.1 Å². The first-order valence-corrected chi connectivity index (χ1v) is 8.93. The molecule has 3 aromatic rings. The van der Waals surface area contributed by atoms with Crippen molar-refractivity contribution in [1.29, 1.82) is 5.26 Å². The predicted molar refractivity (Wildman–Crippen MR) is 110 cm³/mol. The number of aromatic nitrogens is 3. The highest BCUT2D eigenvalue weighted by Crippen LogP contribution is 2.32. The molecule has 0 aliphatic heterocycles. The summed E-state index contributed by atoms with van der Waals surface area (Å²) in [6.45, 7) is 4.17. The second-order valence-electron chi connectivity index (χ2n) is 6.87. The number of carbonyl (C=O) groups is 1. The molecule has 1 amide bonds. The molecule has 2 heterocycles. The molecule has 0 unspecified atom stereocenters. The molecule has 7 heteroatoms. The van der Waals surface area contributed by atoms with Crippen molar-refractivity contribution in [2.75, 3.05) is 19.0 Å². The highest BCUT2D eigenvalue weighted by atomic mass is 16.2. The van der Waals surface area contributed by atoms with Crippen molar-refractivity contribution in [2.24, 2.45) is 0 Å². The van der Waals surface area contributed by atoms with Crippen molar-refractivity contribution < 1.29 is 4.79 Å². The van der Waals surface area contributed by atoms with Crippen LogP contribution in [0.25, 0.3) is 17.1 Å². The fourth-order valence-corrected chi connectivity index (χ4v) is 3.03. The van der Waals surface area contributed by atoms with Gasteiger partial charge in [-0.15, -0.1) is 0 Å². The monoisotopic (exact) mass is 374 g/mol. The number of nitrogens with one attached hydrogen (secondary N) is 1. The predicted octanol–water partition coefficient (Wildman–Crippen LogP) is 3.50. The summed E-state index contributed by atoms with van der Waals surface area (Å²) in [6, 6.07) is 11.8. The van der Waals surface area contributed by atoms with Crippen LogP contribution in [0.1, 0.15) is 19.4 Å². The van der Waals surface area contributed by atoms with Gasteiger partial charge < -0.3 is 14.8 Å². The largest absolute Gasteiger partial charge is 0.346 e. The first-order chi connectivity index (χ1) is 13.4. The van der Waals surface area contributed by atoms with Crippen LogP contribution in [0.2, 0.25) is 0 Å². The van der Waals surface area contributed by atoms with Gasteiger partial charge in [0.25, 0.3) is 5.91 Å². The van der Waals surface area contributed by atoms with Gasteiger partial charge in [0.15, 0.2) is 0 Å². The Hall–Kier alpha value is -3.66. The maximum absolute atomic E-state index is 12.1. The smallest absolute Gasteiger partial charge is 0.264 e. The lowest BCUT2D eigenvalue weighted by Gasteiger charge is -2.28. The van der Waals surface area contributed by atoms with Crippen LogP contribution in [-0.4, -0.2) is 45.9 Å². The van der Waals surface area contributed by atoms with E-state index in [2.05, 4.69) is 33.7 Å². The summed E-state index contributed by atoms with van der Waals surface area (Å²) in [5.74, 6) is 0.478. The average molecular weight is 374 g/mol. The highest BCUT2D eigenvalue weighted by molar-refractivity contribution is 6.01. The lowest BCUT2D eigenvalue weighted by atomic mass is 10.1. The van der Waals surface area contributed by atoms with Gasteiger partial charge in [0.2, 0.25) is 0 Å². The number of aromatic amines is 1. The molecular weight excluding hydrogens is 352 g/mol. The fraction of sp³-hybridized carbons (Fsp3) is 0.238. The molecular formula is C21H22N6O. The van der Waals surface area contributed by atoms with E-state index in [9.17, 15) is 10.1 Å². The summed E-state index contributed by atoms with van der Waals surface area (Å²) in [5.41, 5.74) is 2.55. The van der Waals surface area contributed by atoms with E-state index in [1.807, 2.05) is 42.6 Å². The molecule has 0 aliphatic carbocycles. The maximum Gasteiger partial charge on any atom is 0.264 e. The van der Waals surface area contributed by atoms with Crippen molar-refractivity contribution in [2.45, 2.75) is 19.9 Å². The first kappa shape index (κ1) is 19.1. The molecule has 0 saturated heterocycles. The van der Waals surface area contributed by atoms with Gasteiger partial charge in [-0.25, -0.2) is 9.97 Å². The third-order valence-electron chi connectivity index (χ3n) is 4.29. The number of nitrogens with zero attached hydrogens (tertiary/aromatic N) is 5. The van der Waals surface area contributed by atoms with E-state index < -0.39 is 0 Å². The van der Waals surface area contributed by atoms with Crippen LogP contribution in [-0.2, 0) is 4.79 Å². The molecule has 0 bridgehead atoms. The second kappa shape index (κ2) is 7.92. The van der Waals surface area contributed by atoms with Crippen LogP contribution in [0.5, 0.6) is 0 Å². The van der Waals surface area contributed by atoms with Gasteiger partial charge in [-0.3, -0.25) is 4.79 Å². The van der Waals surface area contributed by atoms with E-state index >= 15 is 0 Å². The maximum atomic E-state index is 12.1. The Morgan fingerprint density at radius 3 is 2.71 bits per heavy atom. The molecule has 3 rings (SSSR count). The third-order valence-corrected chi connectivity index (χ3v) is 4.29. The molecule has 1 N–H and O–H groups in total. The molecule has 0 saturated carbocycles. The number of anilines is 2. The van der Waals surface area contributed by atoms with Crippen LogP contribution in [0.15, 0.2) is 48.4 Å². The number of amides is 1. The van der Waals surface area contributed by atoms with Gasteiger partial charge in [-0.05, 0) is 43.7 Å². The summed E-state index contributed by atoms with van der Waals surface area (Å²) < 4.78 is 0. The van der Waals surface area contributed by atoms with Gasteiger partial charge in [0, 0.05) is 32.0 Å². The van der Waals surface area contributed by atoms with E-state index in [-0.39, 0.29) is 17.5 Å². The van der Waals surface area contributed by atoms with Gasteiger partial charge in [0.05, 0.1) is 5.39 Å². The normalized spacial score (nSPS) is 11.5.